The average Bonchev–Trinajstić information content (AvgIpc) is 3.20. The molecule has 1 fully saturated rings. The fourth-order valence-corrected chi connectivity index (χ4v) is 5.79. The molecular formula is C24H29NO4S. The zero-order valence-corrected chi connectivity index (χ0v) is 18.6. The van der Waals surface area contributed by atoms with Crippen molar-refractivity contribution in [1.29, 1.82) is 0 Å². The van der Waals surface area contributed by atoms with E-state index in [1.807, 2.05) is 44.2 Å². The Balaban J connectivity index is 1.71. The summed E-state index contributed by atoms with van der Waals surface area (Å²) in [6.07, 6.45) is 2.53. The molecule has 2 aliphatic heterocycles. The third kappa shape index (κ3) is 4.52. The minimum atomic E-state index is -3.62. The van der Waals surface area contributed by atoms with E-state index in [2.05, 4.69) is 19.1 Å². The topological polar surface area (TPSA) is 55.8 Å². The summed E-state index contributed by atoms with van der Waals surface area (Å²) in [5.74, 6) is 0. The van der Waals surface area contributed by atoms with Crippen LogP contribution in [0.15, 0.2) is 59.5 Å². The van der Waals surface area contributed by atoms with E-state index >= 15 is 0 Å². The van der Waals surface area contributed by atoms with Gasteiger partial charge in [0.25, 0.3) is 0 Å². The van der Waals surface area contributed by atoms with Gasteiger partial charge in [0.2, 0.25) is 10.0 Å². The zero-order valence-electron chi connectivity index (χ0n) is 17.8. The van der Waals surface area contributed by atoms with Crippen molar-refractivity contribution in [3.63, 3.8) is 0 Å². The molecule has 4 rings (SSSR count). The van der Waals surface area contributed by atoms with Gasteiger partial charge in [0, 0.05) is 24.9 Å². The average molecular weight is 428 g/mol. The van der Waals surface area contributed by atoms with Crippen LogP contribution >= 0.6 is 0 Å². The lowest BCUT2D eigenvalue weighted by molar-refractivity contribution is -0.0658. The van der Waals surface area contributed by atoms with Crippen LogP contribution in [0.3, 0.4) is 0 Å². The quantitative estimate of drug-likeness (QED) is 0.719. The molecule has 0 bridgehead atoms. The van der Waals surface area contributed by atoms with Crippen LogP contribution in [0.1, 0.15) is 30.0 Å². The number of aryl methyl sites for hydroxylation is 2. The van der Waals surface area contributed by atoms with Crippen molar-refractivity contribution in [2.24, 2.45) is 5.41 Å². The molecule has 2 aliphatic rings. The molecule has 0 spiro atoms. The minimum absolute atomic E-state index is 0.299. The highest BCUT2D eigenvalue weighted by Gasteiger charge is 2.39. The molecule has 1 atom stereocenters. The van der Waals surface area contributed by atoms with Crippen molar-refractivity contribution >= 4 is 15.6 Å². The summed E-state index contributed by atoms with van der Waals surface area (Å²) in [5, 5.41) is 0. The van der Waals surface area contributed by atoms with Crippen LogP contribution in [-0.2, 0) is 19.5 Å². The Labute approximate surface area is 179 Å². The van der Waals surface area contributed by atoms with Crippen molar-refractivity contribution in [3.8, 4) is 0 Å². The molecule has 0 aliphatic carbocycles. The number of hydrogen-bond donors (Lipinski definition) is 0. The van der Waals surface area contributed by atoms with Crippen molar-refractivity contribution in [1.82, 2.24) is 4.31 Å². The van der Waals surface area contributed by atoms with Crippen LogP contribution in [-0.4, -0.2) is 45.3 Å². The van der Waals surface area contributed by atoms with Gasteiger partial charge in [-0.25, -0.2) is 8.42 Å². The lowest BCUT2D eigenvalue weighted by Gasteiger charge is -2.39. The third-order valence-electron chi connectivity index (χ3n) is 5.78. The minimum Gasteiger partial charge on any atom is -0.350 e. The highest BCUT2D eigenvalue weighted by atomic mass is 32.2. The third-order valence-corrected chi connectivity index (χ3v) is 7.58. The molecule has 2 aromatic carbocycles. The van der Waals surface area contributed by atoms with Gasteiger partial charge >= 0.3 is 0 Å². The smallest absolute Gasteiger partial charge is 0.243 e. The summed E-state index contributed by atoms with van der Waals surface area (Å²) >= 11 is 0. The van der Waals surface area contributed by atoms with Gasteiger partial charge in [0.15, 0.2) is 6.29 Å². The van der Waals surface area contributed by atoms with Gasteiger partial charge in [0.05, 0.1) is 18.1 Å². The lowest BCUT2D eigenvalue weighted by atomic mass is 9.80. The maximum atomic E-state index is 13.5. The highest BCUT2D eigenvalue weighted by molar-refractivity contribution is 7.89. The largest absolute Gasteiger partial charge is 0.350 e. The molecule has 2 aromatic rings. The summed E-state index contributed by atoms with van der Waals surface area (Å²) in [7, 11) is -3.62. The van der Waals surface area contributed by atoms with E-state index in [1.54, 1.807) is 16.4 Å². The Morgan fingerprint density at radius 3 is 2.40 bits per heavy atom. The van der Waals surface area contributed by atoms with Crippen LogP contribution in [0.2, 0.25) is 0 Å². The Bertz CT molecular complexity index is 1040. The number of hydrogen-bond acceptors (Lipinski definition) is 4. The first-order chi connectivity index (χ1) is 14.2. The second-order valence-corrected chi connectivity index (χ2v) is 10.6. The van der Waals surface area contributed by atoms with Gasteiger partial charge in [-0.3, -0.25) is 0 Å². The zero-order chi connectivity index (χ0) is 21.4. The Morgan fingerprint density at radius 2 is 1.73 bits per heavy atom. The maximum Gasteiger partial charge on any atom is 0.243 e. The summed E-state index contributed by atoms with van der Waals surface area (Å²) in [6, 6.07) is 15.3. The van der Waals surface area contributed by atoms with Crippen molar-refractivity contribution in [3.05, 3.63) is 71.3 Å². The van der Waals surface area contributed by atoms with Crippen molar-refractivity contribution < 1.29 is 17.9 Å². The van der Waals surface area contributed by atoms with Gasteiger partial charge in [-0.2, -0.15) is 4.31 Å². The molecule has 0 unspecified atom stereocenters. The maximum absolute atomic E-state index is 13.5. The van der Waals surface area contributed by atoms with E-state index < -0.39 is 15.4 Å². The number of sulfonamides is 1. The molecule has 30 heavy (non-hydrogen) atoms. The van der Waals surface area contributed by atoms with Crippen LogP contribution in [0.25, 0.3) is 5.57 Å². The van der Waals surface area contributed by atoms with Gasteiger partial charge in [-0.15, -0.1) is 0 Å². The molecule has 0 radical (unpaired) electrons. The predicted molar refractivity (Wildman–Crippen MR) is 118 cm³/mol. The molecule has 0 N–H and O–H groups in total. The summed E-state index contributed by atoms with van der Waals surface area (Å²) in [5.41, 5.74) is 3.85. The van der Waals surface area contributed by atoms with Gasteiger partial charge in [-0.05, 0) is 37.1 Å². The summed E-state index contributed by atoms with van der Waals surface area (Å²) < 4.78 is 40.0. The first kappa shape index (κ1) is 21.2. The molecule has 5 nitrogen and oxygen atoms in total. The Kier molecular flexibility index (Phi) is 5.86. The molecule has 0 aromatic heterocycles. The Hall–Kier alpha value is -1.99. The fraction of sp³-hybridized carbons (Fsp3) is 0.417. The van der Waals surface area contributed by atoms with Gasteiger partial charge < -0.3 is 9.47 Å². The van der Waals surface area contributed by atoms with Crippen LogP contribution in [0.5, 0.6) is 0 Å². The van der Waals surface area contributed by atoms with E-state index in [1.165, 1.54) is 0 Å². The van der Waals surface area contributed by atoms with E-state index in [0.717, 1.165) is 22.3 Å². The predicted octanol–water partition coefficient (Wildman–Crippen LogP) is 4.16. The van der Waals surface area contributed by atoms with Crippen LogP contribution in [0, 0.1) is 19.3 Å². The van der Waals surface area contributed by atoms with Gasteiger partial charge in [-0.1, -0.05) is 60.5 Å². The number of rotatable bonds is 5. The lowest BCUT2D eigenvalue weighted by Crippen LogP contribution is -2.44. The van der Waals surface area contributed by atoms with E-state index in [9.17, 15) is 8.42 Å². The Morgan fingerprint density at radius 1 is 1.03 bits per heavy atom. The second kappa shape index (κ2) is 8.27. The molecule has 0 amide bonds. The van der Waals surface area contributed by atoms with Crippen molar-refractivity contribution in [2.75, 3.05) is 26.3 Å². The van der Waals surface area contributed by atoms with Crippen molar-refractivity contribution in [2.45, 2.75) is 38.4 Å². The molecular weight excluding hydrogens is 398 g/mol. The van der Waals surface area contributed by atoms with E-state index in [-0.39, 0.29) is 6.29 Å². The molecule has 2 heterocycles. The monoisotopic (exact) mass is 427 g/mol. The van der Waals surface area contributed by atoms with E-state index in [4.69, 9.17) is 9.47 Å². The molecule has 160 valence electrons. The van der Waals surface area contributed by atoms with E-state index in [0.29, 0.717) is 37.6 Å². The number of ether oxygens (including phenoxy) is 2. The molecule has 0 saturated carbocycles. The summed E-state index contributed by atoms with van der Waals surface area (Å²) in [4.78, 5) is 0.328. The molecule has 6 heteroatoms. The molecule has 1 saturated heterocycles. The highest BCUT2D eigenvalue weighted by Crippen LogP contribution is 2.39. The first-order valence-corrected chi connectivity index (χ1v) is 11.8. The second-order valence-electron chi connectivity index (χ2n) is 8.65. The van der Waals surface area contributed by atoms with Crippen LogP contribution < -0.4 is 0 Å². The number of nitrogens with zero attached hydrogens (tertiary/aromatic N) is 1. The number of benzene rings is 2. The fourth-order valence-electron chi connectivity index (χ4n) is 4.24. The van der Waals surface area contributed by atoms with Gasteiger partial charge in [0.1, 0.15) is 0 Å². The van der Waals surface area contributed by atoms with Crippen LogP contribution in [0.4, 0.5) is 0 Å². The SMILES string of the molecule is Cc1ccc(S(=O)(=O)N2CC(c3cccc(C)c3)=C[C@](C)(CC3OCCO3)C2)cc1. The normalized spacial score (nSPS) is 23.5. The standard InChI is InChI=1S/C24H29NO4S/c1-18-7-9-22(10-8-18)30(26,27)25-16-21(20-6-4-5-19(2)13-20)14-24(3,17-25)15-23-28-11-12-29-23/h4-10,13-14,23H,11-12,15-17H2,1-3H3/t24-/m1/s1. The summed E-state index contributed by atoms with van der Waals surface area (Å²) in [6.45, 7) is 8.00. The first-order valence-electron chi connectivity index (χ1n) is 10.3.